The first kappa shape index (κ1) is 14.6. The predicted octanol–water partition coefficient (Wildman–Crippen LogP) is 2.04. The molecule has 0 heterocycles. The van der Waals surface area contributed by atoms with Crippen molar-refractivity contribution in [2.45, 2.75) is 38.7 Å². The molecule has 0 saturated carbocycles. The molecule has 1 aromatic carbocycles. The second kappa shape index (κ2) is 7.82. The number of aliphatic hydroxyl groups is 1. The molecule has 3 nitrogen and oxygen atoms in total. The first-order valence-corrected chi connectivity index (χ1v) is 6.31. The van der Waals surface area contributed by atoms with E-state index in [1.165, 1.54) is 12.1 Å². The molecule has 100 valence electrons. The number of nitrogens with one attached hydrogen (secondary N) is 1. The van der Waals surface area contributed by atoms with Crippen LogP contribution in [-0.2, 0) is 11.2 Å². The van der Waals surface area contributed by atoms with Crippen molar-refractivity contribution in [2.75, 3.05) is 6.54 Å². The summed E-state index contributed by atoms with van der Waals surface area (Å²) < 4.78 is 12.9. The number of aryl methyl sites for hydroxylation is 1. The SMILES string of the molecule is CCC(O)CCNC(=O)CCc1cccc(F)c1. The van der Waals surface area contributed by atoms with Crippen molar-refractivity contribution in [2.24, 2.45) is 0 Å². The number of halogens is 1. The zero-order valence-corrected chi connectivity index (χ0v) is 10.7. The van der Waals surface area contributed by atoms with E-state index in [4.69, 9.17) is 0 Å². The zero-order valence-electron chi connectivity index (χ0n) is 10.7. The van der Waals surface area contributed by atoms with Gasteiger partial charge in [-0.3, -0.25) is 4.79 Å². The molecule has 0 aliphatic heterocycles. The summed E-state index contributed by atoms with van der Waals surface area (Å²) in [4.78, 5) is 11.5. The summed E-state index contributed by atoms with van der Waals surface area (Å²) in [6.45, 7) is 2.38. The Morgan fingerprint density at radius 1 is 1.50 bits per heavy atom. The van der Waals surface area contributed by atoms with Crippen molar-refractivity contribution in [3.05, 3.63) is 35.6 Å². The molecule has 1 rings (SSSR count). The normalized spacial score (nSPS) is 12.2. The van der Waals surface area contributed by atoms with Crippen molar-refractivity contribution in [3.63, 3.8) is 0 Å². The number of carbonyl (C=O) groups is 1. The molecule has 1 atom stereocenters. The van der Waals surface area contributed by atoms with Gasteiger partial charge in [0.25, 0.3) is 0 Å². The summed E-state index contributed by atoms with van der Waals surface area (Å²) in [7, 11) is 0. The van der Waals surface area contributed by atoms with Gasteiger partial charge in [-0.2, -0.15) is 0 Å². The molecule has 1 unspecified atom stereocenters. The topological polar surface area (TPSA) is 49.3 Å². The van der Waals surface area contributed by atoms with Crippen LogP contribution in [0.2, 0.25) is 0 Å². The van der Waals surface area contributed by atoms with Crippen LogP contribution in [0, 0.1) is 5.82 Å². The molecule has 18 heavy (non-hydrogen) atoms. The highest BCUT2D eigenvalue weighted by atomic mass is 19.1. The van der Waals surface area contributed by atoms with E-state index >= 15 is 0 Å². The number of aliphatic hydroxyl groups excluding tert-OH is 1. The largest absolute Gasteiger partial charge is 0.393 e. The minimum atomic E-state index is -0.353. The van der Waals surface area contributed by atoms with Crippen LogP contribution in [0.4, 0.5) is 4.39 Å². The highest BCUT2D eigenvalue weighted by molar-refractivity contribution is 5.76. The smallest absolute Gasteiger partial charge is 0.220 e. The van der Waals surface area contributed by atoms with Gasteiger partial charge in [0.15, 0.2) is 0 Å². The molecule has 2 N–H and O–H groups in total. The van der Waals surface area contributed by atoms with E-state index in [0.29, 0.717) is 32.2 Å². The Hall–Kier alpha value is -1.42. The Morgan fingerprint density at radius 2 is 2.28 bits per heavy atom. The van der Waals surface area contributed by atoms with Crippen LogP contribution in [0.1, 0.15) is 31.7 Å². The number of hydrogen-bond acceptors (Lipinski definition) is 2. The molecule has 0 aliphatic carbocycles. The van der Waals surface area contributed by atoms with E-state index in [9.17, 15) is 14.3 Å². The quantitative estimate of drug-likeness (QED) is 0.781. The van der Waals surface area contributed by atoms with Crippen LogP contribution >= 0.6 is 0 Å². The van der Waals surface area contributed by atoms with Crippen LogP contribution in [0.25, 0.3) is 0 Å². The van der Waals surface area contributed by atoms with Gasteiger partial charge in [-0.15, -0.1) is 0 Å². The lowest BCUT2D eigenvalue weighted by molar-refractivity contribution is -0.121. The van der Waals surface area contributed by atoms with E-state index in [1.54, 1.807) is 12.1 Å². The fourth-order valence-corrected chi connectivity index (χ4v) is 1.62. The monoisotopic (exact) mass is 253 g/mol. The number of benzene rings is 1. The number of amides is 1. The number of hydrogen-bond donors (Lipinski definition) is 2. The average molecular weight is 253 g/mol. The molecule has 0 aliphatic rings. The van der Waals surface area contributed by atoms with Crippen molar-refractivity contribution in [1.82, 2.24) is 5.32 Å². The first-order valence-electron chi connectivity index (χ1n) is 6.31. The Kier molecular flexibility index (Phi) is 6.36. The molecule has 0 aromatic heterocycles. The lowest BCUT2D eigenvalue weighted by Crippen LogP contribution is -2.27. The van der Waals surface area contributed by atoms with Gasteiger partial charge in [0.1, 0.15) is 5.82 Å². The summed E-state index contributed by atoms with van der Waals surface area (Å²) in [5.74, 6) is -0.346. The predicted molar refractivity (Wildman–Crippen MR) is 68.6 cm³/mol. The van der Waals surface area contributed by atoms with Gasteiger partial charge < -0.3 is 10.4 Å². The van der Waals surface area contributed by atoms with Gasteiger partial charge in [-0.05, 0) is 37.0 Å². The standard InChI is InChI=1S/C14H20FNO2/c1-2-13(17)8-9-16-14(18)7-6-11-4-3-5-12(15)10-11/h3-5,10,13,17H,2,6-9H2,1H3,(H,16,18). The maximum Gasteiger partial charge on any atom is 0.220 e. The van der Waals surface area contributed by atoms with E-state index in [2.05, 4.69) is 5.32 Å². The van der Waals surface area contributed by atoms with Gasteiger partial charge >= 0.3 is 0 Å². The fraction of sp³-hybridized carbons (Fsp3) is 0.500. The summed E-state index contributed by atoms with van der Waals surface area (Å²) in [5.41, 5.74) is 0.818. The van der Waals surface area contributed by atoms with Gasteiger partial charge in [0.05, 0.1) is 6.10 Å². The van der Waals surface area contributed by atoms with E-state index in [0.717, 1.165) is 5.56 Å². The Labute approximate surface area is 107 Å². The Morgan fingerprint density at radius 3 is 2.94 bits per heavy atom. The van der Waals surface area contributed by atoms with E-state index in [1.807, 2.05) is 6.92 Å². The summed E-state index contributed by atoms with van der Waals surface area (Å²) in [5, 5.41) is 12.1. The van der Waals surface area contributed by atoms with Gasteiger partial charge in [-0.25, -0.2) is 4.39 Å². The molecule has 0 radical (unpaired) electrons. The lowest BCUT2D eigenvalue weighted by Gasteiger charge is -2.08. The molecule has 1 aromatic rings. The number of carbonyl (C=O) groups excluding carboxylic acids is 1. The molecule has 0 fully saturated rings. The van der Waals surface area contributed by atoms with Crippen LogP contribution in [0.15, 0.2) is 24.3 Å². The maximum absolute atomic E-state index is 12.9. The van der Waals surface area contributed by atoms with Crippen LogP contribution in [-0.4, -0.2) is 23.7 Å². The minimum Gasteiger partial charge on any atom is -0.393 e. The highest BCUT2D eigenvalue weighted by Gasteiger charge is 2.04. The van der Waals surface area contributed by atoms with E-state index < -0.39 is 0 Å². The zero-order chi connectivity index (χ0) is 13.4. The second-order valence-electron chi connectivity index (χ2n) is 4.33. The fourth-order valence-electron chi connectivity index (χ4n) is 1.62. The Balaban J connectivity index is 2.21. The summed E-state index contributed by atoms with van der Waals surface area (Å²) in [6.07, 6.45) is 1.78. The van der Waals surface area contributed by atoms with Crippen molar-refractivity contribution < 1.29 is 14.3 Å². The molecule has 0 saturated heterocycles. The average Bonchev–Trinajstić information content (AvgIpc) is 2.36. The third kappa shape index (κ3) is 5.77. The Bertz CT molecular complexity index is 382. The van der Waals surface area contributed by atoms with Crippen LogP contribution < -0.4 is 5.32 Å². The van der Waals surface area contributed by atoms with Crippen molar-refractivity contribution >= 4 is 5.91 Å². The molecular formula is C14H20FNO2. The van der Waals surface area contributed by atoms with Crippen molar-refractivity contribution in [3.8, 4) is 0 Å². The third-order valence-corrected chi connectivity index (χ3v) is 2.80. The van der Waals surface area contributed by atoms with Gasteiger partial charge in [-0.1, -0.05) is 19.1 Å². The highest BCUT2D eigenvalue weighted by Crippen LogP contribution is 2.06. The van der Waals surface area contributed by atoms with Crippen LogP contribution in [0.5, 0.6) is 0 Å². The minimum absolute atomic E-state index is 0.0671. The van der Waals surface area contributed by atoms with Gasteiger partial charge in [0, 0.05) is 13.0 Å². The van der Waals surface area contributed by atoms with Crippen LogP contribution in [0.3, 0.4) is 0 Å². The lowest BCUT2D eigenvalue weighted by atomic mass is 10.1. The van der Waals surface area contributed by atoms with Crippen molar-refractivity contribution in [1.29, 1.82) is 0 Å². The summed E-state index contributed by atoms with van der Waals surface area (Å²) in [6, 6.07) is 6.27. The summed E-state index contributed by atoms with van der Waals surface area (Å²) >= 11 is 0. The number of rotatable bonds is 7. The third-order valence-electron chi connectivity index (χ3n) is 2.80. The molecule has 4 heteroatoms. The second-order valence-corrected chi connectivity index (χ2v) is 4.33. The maximum atomic E-state index is 12.9. The molecule has 1 amide bonds. The molecular weight excluding hydrogens is 233 g/mol. The first-order chi connectivity index (χ1) is 8.61. The van der Waals surface area contributed by atoms with E-state index in [-0.39, 0.29) is 17.8 Å². The van der Waals surface area contributed by atoms with Gasteiger partial charge in [0.2, 0.25) is 5.91 Å². The molecule has 0 spiro atoms. The molecule has 0 bridgehead atoms.